The zero-order valence-electron chi connectivity index (χ0n) is 15.2. The Morgan fingerprint density at radius 3 is 2.52 bits per heavy atom. The Kier molecular flexibility index (Phi) is 5.03. The number of aromatic nitrogens is 3. The molecule has 9 heteroatoms. The van der Waals surface area contributed by atoms with E-state index >= 15 is 0 Å². The number of amides is 2. The molecule has 2 heterocycles. The van der Waals surface area contributed by atoms with E-state index in [1.165, 1.54) is 18.7 Å². The van der Waals surface area contributed by atoms with Gasteiger partial charge in [0, 0.05) is 24.7 Å². The molecule has 7 nitrogen and oxygen atoms in total. The van der Waals surface area contributed by atoms with E-state index in [1.807, 2.05) is 0 Å². The number of carbonyl (C=O) groups is 2. The van der Waals surface area contributed by atoms with Gasteiger partial charge in [0.15, 0.2) is 0 Å². The summed E-state index contributed by atoms with van der Waals surface area (Å²) < 4.78 is 28.0. The van der Waals surface area contributed by atoms with E-state index < -0.39 is 17.5 Å². The van der Waals surface area contributed by atoms with E-state index in [1.54, 1.807) is 16.7 Å². The monoisotopic (exact) mass is 397 g/mol. The summed E-state index contributed by atoms with van der Waals surface area (Å²) in [7, 11) is 0. The number of nitrogens with zero attached hydrogens (tertiary/aromatic N) is 3. The lowest BCUT2D eigenvalue weighted by atomic mass is 10.2. The molecule has 0 saturated heterocycles. The first kappa shape index (κ1) is 18.7. The minimum Gasteiger partial charge on any atom is -0.347 e. The Morgan fingerprint density at radius 2 is 1.86 bits per heavy atom. The van der Waals surface area contributed by atoms with Crippen LogP contribution >= 0.6 is 0 Å². The molecule has 0 atom stereocenters. The number of benzene rings is 1. The smallest absolute Gasteiger partial charge is 0.271 e. The van der Waals surface area contributed by atoms with E-state index in [2.05, 4.69) is 20.6 Å². The van der Waals surface area contributed by atoms with Gasteiger partial charge in [-0.1, -0.05) is 0 Å². The molecule has 1 aliphatic carbocycles. The van der Waals surface area contributed by atoms with Crippen LogP contribution < -0.4 is 10.6 Å². The van der Waals surface area contributed by atoms with E-state index in [9.17, 15) is 18.4 Å². The minimum atomic E-state index is -0.707. The van der Waals surface area contributed by atoms with Gasteiger partial charge in [-0.2, -0.15) is 0 Å². The van der Waals surface area contributed by atoms with Crippen LogP contribution in [-0.4, -0.2) is 26.3 Å². The predicted octanol–water partition coefficient (Wildman–Crippen LogP) is 2.82. The fraction of sp³-hybridized carbons (Fsp3) is 0.200. The summed E-state index contributed by atoms with van der Waals surface area (Å²) in [6.45, 7) is -0.0337. The zero-order valence-corrected chi connectivity index (χ0v) is 15.2. The van der Waals surface area contributed by atoms with Gasteiger partial charge in [-0.25, -0.2) is 18.7 Å². The highest BCUT2D eigenvalue weighted by atomic mass is 19.1. The van der Waals surface area contributed by atoms with Gasteiger partial charge in [0.2, 0.25) is 5.91 Å². The summed E-state index contributed by atoms with van der Waals surface area (Å²) in [5, 5.41) is 5.37. The Morgan fingerprint density at radius 1 is 1.10 bits per heavy atom. The van der Waals surface area contributed by atoms with Crippen LogP contribution in [0.15, 0.2) is 49.1 Å². The Labute approximate surface area is 164 Å². The molecule has 29 heavy (non-hydrogen) atoms. The Balaban J connectivity index is 1.38. The van der Waals surface area contributed by atoms with Crippen molar-refractivity contribution in [3.8, 4) is 5.82 Å². The molecule has 1 fully saturated rings. The second kappa shape index (κ2) is 7.78. The maximum Gasteiger partial charge on any atom is 0.271 e. The fourth-order valence-electron chi connectivity index (χ4n) is 2.75. The lowest BCUT2D eigenvalue weighted by Crippen LogP contribution is -2.23. The summed E-state index contributed by atoms with van der Waals surface area (Å²) in [5.74, 6) is -1.27. The van der Waals surface area contributed by atoms with Crippen LogP contribution in [0.2, 0.25) is 0 Å². The molecule has 2 N–H and O–H groups in total. The molecule has 1 aromatic carbocycles. The lowest BCUT2D eigenvalue weighted by molar-refractivity contribution is -0.117. The lowest BCUT2D eigenvalue weighted by Gasteiger charge is -2.05. The molecule has 1 saturated carbocycles. The average molecular weight is 397 g/mol. The number of hydrogen-bond acceptors (Lipinski definition) is 4. The SMILES string of the molecule is O=C(NCc1cc(F)cc(F)c1)c1cn(-c2ccc(NC(=O)C3CC3)cn2)cn1. The molecule has 2 amide bonds. The van der Waals surface area contributed by atoms with Crippen LogP contribution in [0.1, 0.15) is 28.9 Å². The van der Waals surface area contributed by atoms with Crippen LogP contribution in [0.5, 0.6) is 0 Å². The van der Waals surface area contributed by atoms with Crippen LogP contribution in [0.4, 0.5) is 14.5 Å². The number of anilines is 1. The van der Waals surface area contributed by atoms with Crippen molar-refractivity contribution in [1.29, 1.82) is 0 Å². The van der Waals surface area contributed by atoms with Gasteiger partial charge >= 0.3 is 0 Å². The number of halogens is 2. The molecule has 4 rings (SSSR count). The number of nitrogens with one attached hydrogen (secondary N) is 2. The largest absolute Gasteiger partial charge is 0.347 e. The van der Waals surface area contributed by atoms with Crippen LogP contribution in [0.25, 0.3) is 5.82 Å². The summed E-state index contributed by atoms with van der Waals surface area (Å²) >= 11 is 0. The van der Waals surface area contributed by atoms with Crippen molar-refractivity contribution in [2.45, 2.75) is 19.4 Å². The highest BCUT2D eigenvalue weighted by Crippen LogP contribution is 2.30. The second-order valence-corrected chi connectivity index (χ2v) is 6.80. The van der Waals surface area contributed by atoms with Gasteiger partial charge in [0.25, 0.3) is 5.91 Å². The third kappa shape index (κ3) is 4.63. The number of carbonyl (C=O) groups excluding carboxylic acids is 2. The first-order valence-electron chi connectivity index (χ1n) is 9.02. The molecule has 0 radical (unpaired) electrons. The quantitative estimate of drug-likeness (QED) is 0.670. The highest BCUT2D eigenvalue weighted by molar-refractivity contribution is 5.94. The van der Waals surface area contributed by atoms with Gasteiger partial charge in [-0.15, -0.1) is 0 Å². The maximum atomic E-state index is 13.2. The highest BCUT2D eigenvalue weighted by Gasteiger charge is 2.29. The Bertz CT molecular complexity index is 1040. The van der Waals surface area contributed by atoms with Crippen molar-refractivity contribution in [3.63, 3.8) is 0 Å². The number of hydrogen-bond donors (Lipinski definition) is 2. The summed E-state index contributed by atoms with van der Waals surface area (Å²) in [5.41, 5.74) is 1.04. The van der Waals surface area contributed by atoms with E-state index in [0.717, 1.165) is 31.0 Å². The standard InChI is InChI=1S/C20H17F2N5O2/c21-14-5-12(6-15(22)7-14)8-24-20(29)17-10-27(11-25-17)18-4-3-16(9-23-18)26-19(28)13-1-2-13/h3-7,9-11,13H,1-2,8H2,(H,24,29)(H,26,28). The molecule has 0 unspecified atom stereocenters. The molecule has 0 bridgehead atoms. The second-order valence-electron chi connectivity index (χ2n) is 6.80. The van der Waals surface area contributed by atoms with Crippen molar-refractivity contribution in [2.75, 3.05) is 5.32 Å². The third-order valence-corrected chi connectivity index (χ3v) is 4.42. The summed E-state index contributed by atoms with van der Waals surface area (Å²) in [6, 6.07) is 6.48. The number of pyridine rings is 1. The number of rotatable bonds is 6. The van der Waals surface area contributed by atoms with Gasteiger partial charge < -0.3 is 10.6 Å². The van der Waals surface area contributed by atoms with Gasteiger partial charge in [-0.3, -0.25) is 14.2 Å². The van der Waals surface area contributed by atoms with Gasteiger partial charge in [-0.05, 0) is 42.7 Å². The van der Waals surface area contributed by atoms with Gasteiger partial charge in [0.1, 0.15) is 29.5 Å². The molecular weight excluding hydrogens is 380 g/mol. The first-order valence-corrected chi connectivity index (χ1v) is 9.02. The molecule has 148 valence electrons. The van der Waals surface area contributed by atoms with Crippen molar-refractivity contribution in [3.05, 3.63) is 71.9 Å². The number of imidazole rings is 1. The zero-order chi connectivity index (χ0) is 20.4. The third-order valence-electron chi connectivity index (χ3n) is 4.42. The summed E-state index contributed by atoms with van der Waals surface area (Å²) in [6.07, 6.45) is 6.30. The Hall–Kier alpha value is -3.62. The average Bonchev–Trinajstić information content (AvgIpc) is 3.43. The normalized spacial score (nSPS) is 13.2. The fourth-order valence-corrected chi connectivity index (χ4v) is 2.75. The van der Waals surface area contributed by atoms with Crippen molar-refractivity contribution in [2.24, 2.45) is 5.92 Å². The van der Waals surface area contributed by atoms with E-state index in [4.69, 9.17) is 0 Å². The first-order chi connectivity index (χ1) is 14.0. The molecule has 0 aliphatic heterocycles. The molecular formula is C20H17F2N5O2. The van der Waals surface area contributed by atoms with Crippen LogP contribution in [0, 0.1) is 17.6 Å². The minimum absolute atomic E-state index is 0.000633. The molecule has 2 aromatic heterocycles. The molecule has 3 aromatic rings. The maximum absolute atomic E-state index is 13.2. The molecule has 1 aliphatic rings. The topological polar surface area (TPSA) is 88.9 Å². The van der Waals surface area contributed by atoms with Crippen molar-refractivity contribution in [1.82, 2.24) is 19.9 Å². The van der Waals surface area contributed by atoms with Crippen LogP contribution in [-0.2, 0) is 11.3 Å². The van der Waals surface area contributed by atoms with Crippen LogP contribution in [0.3, 0.4) is 0 Å². The van der Waals surface area contributed by atoms with E-state index in [0.29, 0.717) is 17.1 Å². The predicted molar refractivity (Wildman–Crippen MR) is 100 cm³/mol. The molecule has 0 spiro atoms. The van der Waals surface area contributed by atoms with E-state index in [-0.39, 0.29) is 24.1 Å². The van der Waals surface area contributed by atoms with Gasteiger partial charge in [0.05, 0.1) is 11.9 Å². The summed E-state index contributed by atoms with van der Waals surface area (Å²) in [4.78, 5) is 32.3. The van der Waals surface area contributed by atoms with Crippen molar-refractivity contribution < 1.29 is 18.4 Å². The van der Waals surface area contributed by atoms with Crippen molar-refractivity contribution >= 4 is 17.5 Å².